The van der Waals surface area contributed by atoms with E-state index >= 15 is 0 Å². The predicted octanol–water partition coefficient (Wildman–Crippen LogP) is 3.66. The number of hydrogen-bond donors (Lipinski definition) is 0. The minimum atomic E-state index is 0.522. The van der Waals surface area contributed by atoms with Crippen LogP contribution in [0.15, 0.2) is 42.6 Å². The van der Waals surface area contributed by atoms with Gasteiger partial charge in [0.05, 0.1) is 16.9 Å². The average molecular weight is 360 g/mol. The lowest BCUT2D eigenvalue weighted by Crippen LogP contribution is -2.47. The molecule has 1 aliphatic heterocycles. The van der Waals surface area contributed by atoms with E-state index in [1.165, 1.54) is 0 Å². The second kappa shape index (κ2) is 6.42. The molecule has 0 saturated carbocycles. The van der Waals surface area contributed by atoms with Crippen molar-refractivity contribution in [2.75, 3.05) is 36.0 Å². The molecular formula is C17H15Cl2N5. The Labute approximate surface area is 149 Å². The molecule has 0 aliphatic carbocycles. The summed E-state index contributed by atoms with van der Waals surface area (Å²) in [6.45, 7) is 3.50. The predicted molar refractivity (Wildman–Crippen MR) is 98.2 cm³/mol. The van der Waals surface area contributed by atoms with Crippen LogP contribution in [0.4, 0.5) is 11.5 Å². The quantitative estimate of drug-likeness (QED) is 0.653. The normalized spacial score (nSPS) is 15.1. The molecule has 7 heteroatoms. The van der Waals surface area contributed by atoms with E-state index in [9.17, 15) is 0 Å². The van der Waals surface area contributed by atoms with E-state index < -0.39 is 0 Å². The molecule has 0 atom stereocenters. The van der Waals surface area contributed by atoms with Crippen LogP contribution < -0.4 is 9.80 Å². The molecule has 0 bridgehead atoms. The van der Waals surface area contributed by atoms with Crippen LogP contribution in [0, 0.1) is 0 Å². The van der Waals surface area contributed by atoms with Gasteiger partial charge < -0.3 is 9.80 Å². The van der Waals surface area contributed by atoms with Crippen LogP contribution >= 0.6 is 23.2 Å². The van der Waals surface area contributed by atoms with Crippen LogP contribution in [0.2, 0.25) is 10.2 Å². The van der Waals surface area contributed by atoms with Crippen LogP contribution in [-0.2, 0) is 0 Å². The average Bonchev–Trinajstić information content (AvgIpc) is 2.62. The molecule has 122 valence electrons. The van der Waals surface area contributed by atoms with Gasteiger partial charge in [-0.1, -0.05) is 41.4 Å². The Kier molecular flexibility index (Phi) is 4.12. The number of fused-ring (bicyclic) bond motifs is 1. The Morgan fingerprint density at radius 1 is 0.875 bits per heavy atom. The van der Waals surface area contributed by atoms with E-state index in [1.54, 1.807) is 6.07 Å². The molecule has 1 aliphatic rings. The van der Waals surface area contributed by atoms with Crippen molar-refractivity contribution >= 4 is 45.6 Å². The zero-order chi connectivity index (χ0) is 16.5. The van der Waals surface area contributed by atoms with Crippen molar-refractivity contribution in [1.29, 1.82) is 0 Å². The van der Waals surface area contributed by atoms with E-state index in [-0.39, 0.29) is 0 Å². The van der Waals surface area contributed by atoms with E-state index in [0.717, 1.165) is 48.6 Å². The highest BCUT2D eigenvalue weighted by Gasteiger charge is 2.20. The van der Waals surface area contributed by atoms with Gasteiger partial charge >= 0.3 is 0 Å². The Bertz CT molecular complexity index is 878. The van der Waals surface area contributed by atoms with Crippen LogP contribution in [0.1, 0.15) is 0 Å². The van der Waals surface area contributed by atoms with E-state index in [2.05, 4.69) is 25.0 Å². The number of aromatic nitrogens is 3. The molecule has 0 amide bonds. The minimum absolute atomic E-state index is 0.522. The molecule has 4 rings (SSSR count). The maximum atomic E-state index is 6.24. The van der Waals surface area contributed by atoms with Crippen LogP contribution in [0.25, 0.3) is 10.9 Å². The van der Waals surface area contributed by atoms with Gasteiger partial charge in [0, 0.05) is 31.6 Å². The van der Waals surface area contributed by atoms with Crippen molar-refractivity contribution in [3.05, 3.63) is 52.8 Å². The summed E-state index contributed by atoms with van der Waals surface area (Å²) in [6.07, 6.45) is 1.81. The molecule has 0 radical (unpaired) electrons. The lowest BCUT2D eigenvalue weighted by atomic mass is 10.1. The fourth-order valence-corrected chi connectivity index (χ4v) is 3.41. The van der Waals surface area contributed by atoms with Crippen molar-refractivity contribution in [3.8, 4) is 0 Å². The van der Waals surface area contributed by atoms with Gasteiger partial charge in [-0.3, -0.25) is 0 Å². The zero-order valence-electron chi connectivity index (χ0n) is 12.9. The number of anilines is 2. The Morgan fingerprint density at radius 3 is 2.42 bits per heavy atom. The summed E-state index contributed by atoms with van der Waals surface area (Å²) in [6, 6.07) is 11.5. The van der Waals surface area contributed by atoms with Crippen LogP contribution in [0.5, 0.6) is 0 Å². The maximum Gasteiger partial charge on any atom is 0.131 e. The van der Waals surface area contributed by atoms with Crippen molar-refractivity contribution in [2.45, 2.75) is 0 Å². The van der Waals surface area contributed by atoms with Gasteiger partial charge in [-0.15, -0.1) is 5.10 Å². The second-order valence-corrected chi connectivity index (χ2v) is 6.45. The van der Waals surface area contributed by atoms with Crippen molar-refractivity contribution in [1.82, 2.24) is 15.2 Å². The first-order valence-electron chi connectivity index (χ1n) is 7.75. The smallest absolute Gasteiger partial charge is 0.131 e. The third-order valence-electron chi connectivity index (χ3n) is 4.25. The number of rotatable bonds is 2. The fraction of sp³-hybridized carbons (Fsp3) is 0.235. The van der Waals surface area contributed by atoms with Crippen molar-refractivity contribution in [2.24, 2.45) is 0 Å². The molecule has 0 unspecified atom stereocenters. The van der Waals surface area contributed by atoms with Crippen LogP contribution in [0.3, 0.4) is 0 Å². The summed E-state index contributed by atoms with van der Waals surface area (Å²) < 4.78 is 0. The Balaban J connectivity index is 1.57. The minimum Gasteiger partial charge on any atom is -0.366 e. The molecule has 5 nitrogen and oxygen atoms in total. The highest BCUT2D eigenvalue weighted by Crippen LogP contribution is 2.29. The second-order valence-electron chi connectivity index (χ2n) is 5.66. The molecular weight excluding hydrogens is 345 g/mol. The first-order valence-corrected chi connectivity index (χ1v) is 8.50. The van der Waals surface area contributed by atoms with E-state index in [4.69, 9.17) is 23.2 Å². The first kappa shape index (κ1) is 15.4. The standard InChI is InChI=1S/C17H15Cl2N5/c18-13-4-1-3-12-14(11-20-22-17(12)13)23-7-9-24(10-8-23)16-6-2-5-15(19)21-16/h1-6,11H,7-10H2. The molecule has 1 fully saturated rings. The molecule has 0 spiro atoms. The number of pyridine rings is 1. The first-order chi connectivity index (χ1) is 11.7. The van der Waals surface area contributed by atoms with Gasteiger partial charge in [0.2, 0.25) is 0 Å². The van der Waals surface area contributed by atoms with Crippen LogP contribution in [-0.4, -0.2) is 41.4 Å². The monoisotopic (exact) mass is 359 g/mol. The highest BCUT2D eigenvalue weighted by molar-refractivity contribution is 6.35. The molecule has 24 heavy (non-hydrogen) atoms. The van der Waals surface area contributed by atoms with Crippen molar-refractivity contribution < 1.29 is 0 Å². The molecule has 1 saturated heterocycles. The number of nitrogens with zero attached hydrogens (tertiary/aromatic N) is 5. The summed E-state index contributed by atoms with van der Waals surface area (Å²) in [5, 5.41) is 10.5. The summed E-state index contributed by atoms with van der Waals surface area (Å²) in [4.78, 5) is 8.95. The topological polar surface area (TPSA) is 45.2 Å². The third kappa shape index (κ3) is 2.85. The summed E-state index contributed by atoms with van der Waals surface area (Å²) in [5.74, 6) is 0.919. The van der Waals surface area contributed by atoms with Crippen molar-refractivity contribution in [3.63, 3.8) is 0 Å². The number of halogens is 2. The Hall–Kier alpha value is -2.11. The van der Waals surface area contributed by atoms with Gasteiger partial charge in [0.25, 0.3) is 0 Å². The van der Waals surface area contributed by atoms with Gasteiger partial charge in [0.1, 0.15) is 16.5 Å². The number of piperazine rings is 1. The lowest BCUT2D eigenvalue weighted by Gasteiger charge is -2.36. The lowest BCUT2D eigenvalue weighted by molar-refractivity contribution is 0.648. The van der Waals surface area contributed by atoms with Gasteiger partial charge in [0.15, 0.2) is 0 Å². The van der Waals surface area contributed by atoms with Gasteiger partial charge in [-0.25, -0.2) is 4.98 Å². The molecule has 2 aromatic heterocycles. The summed E-state index contributed by atoms with van der Waals surface area (Å²) in [5.41, 5.74) is 1.82. The summed E-state index contributed by atoms with van der Waals surface area (Å²) >= 11 is 12.2. The highest BCUT2D eigenvalue weighted by atomic mass is 35.5. The van der Waals surface area contributed by atoms with Gasteiger partial charge in [-0.05, 0) is 18.2 Å². The van der Waals surface area contributed by atoms with E-state index in [1.807, 2.05) is 36.5 Å². The van der Waals surface area contributed by atoms with Gasteiger partial charge in [-0.2, -0.15) is 5.10 Å². The largest absolute Gasteiger partial charge is 0.366 e. The summed E-state index contributed by atoms with van der Waals surface area (Å²) in [7, 11) is 0. The molecule has 3 heterocycles. The number of hydrogen-bond acceptors (Lipinski definition) is 5. The zero-order valence-corrected chi connectivity index (χ0v) is 14.4. The molecule has 3 aromatic rings. The SMILES string of the molecule is Clc1cccc(N2CCN(c3cnnc4c(Cl)cccc34)CC2)n1. The molecule has 1 aromatic carbocycles. The fourth-order valence-electron chi connectivity index (χ4n) is 3.04. The Morgan fingerprint density at radius 2 is 1.62 bits per heavy atom. The van der Waals surface area contributed by atoms with E-state index in [0.29, 0.717) is 10.2 Å². The number of benzene rings is 1. The maximum absolute atomic E-state index is 6.24. The molecule has 0 N–H and O–H groups in total. The third-order valence-corrected chi connectivity index (χ3v) is 4.76.